The number of anilines is 1. The van der Waals surface area contributed by atoms with Gasteiger partial charge in [-0.1, -0.05) is 30.7 Å². The predicted molar refractivity (Wildman–Crippen MR) is 59.2 cm³/mol. The average Bonchev–Trinajstić information content (AvgIpc) is 2.20. The number of aryl methyl sites for hydroxylation is 1. The lowest BCUT2D eigenvalue weighted by Crippen LogP contribution is -2.18. The Labute approximate surface area is 84.6 Å². The maximum absolute atomic E-state index is 11.4. The highest BCUT2D eigenvalue weighted by atomic mass is 16.1. The van der Waals surface area contributed by atoms with Crippen molar-refractivity contribution < 1.29 is 4.79 Å². The number of hydrogen-bond donors (Lipinski definition) is 1. The lowest BCUT2D eigenvalue weighted by atomic mass is 10.1. The molecule has 0 heterocycles. The zero-order valence-corrected chi connectivity index (χ0v) is 8.58. The van der Waals surface area contributed by atoms with Gasteiger partial charge in [-0.3, -0.25) is 4.79 Å². The Morgan fingerprint density at radius 1 is 1.43 bits per heavy atom. The van der Waals surface area contributed by atoms with Gasteiger partial charge in [0.2, 0.25) is 5.91 Å². The molecule has 2 nitrogen and oxygen atoms in total. The van der Waals surface area contributed by atoms with Gasteiger partial charge in [0.1, 0.15) is 0 Å². The molecule has 14 heavy (non-hydrogen) atoms. The first-order valence-electron chi connectivity index (χ1n) is 4.63. The van der Waals surface area contributed by atoms with E-state index in [-0.39, 0.29) is 11.8 Å². The summed E-state index contributed by atoms with van der Waals surface area (Å²) in [6.45, 7) is 7.40. The molecular weight excluding hydrogens is 174 g/mol. The summed E-state index contributed by atoms with van der Waals surface area (Å²) in [6, 6.07) is 7.72. The quantitative estimate of drug-likeness (QED) is 0.728. The zero-order chi connectivity index (χ0) is 10.6. The summed E-state index contributed by atoms with van der Waals surface area (Å²) in [7, 11) is 0. The van der Waals surface area contributed by atoms with Gasteiger partial charge in [-0.05, 0) is 19.1 Å². The molecule has 1 aromatic rings. The Balaban J connectivity index is 2.65. The minimum absolute atomic E-state index is 0.0242. The van der Waals surface area contributed by atoms with E-state index in [1.54, 1.807) is 6.08 Å². The summed E-state index contributed by atoms with van der Waals surface area (Å²) < 4.78 is 0. The topological polar surface area (TPSA) is 29.1 Å². The Morgan fingerprint density at radius 3 is 2.50 bits per heavy atom. The van der Waals surface area contributed by atoms with Crippen molar-refractivity contribution in [1.29, 1.82) is 0 Å². The monoisotopic (exact) mass is 189 g/mol. The molecule has 0 aliphatic heterocycles. The van der Waals surface area contributed by atoms with Crippen molar-refractivity contribution in [2.45, 2.75) is 13.8 Å². The van der Waals surface area contributed by atoms with Crippen molar-refractivity contribution in [3.63, 3.8) is 0 Å². The molecule has 1 rings (SSSR count). The fourth-order valence-corrected chi connectivity index (χ4v) is 1.00. The normalized spacial score (nSPS) is 11.9. The third kappa shape index (κ3) is 2.73. The lowest BCUT2D eigenvalue weighted by molar-refractivity contribution is -0.118. The number of amides is 1. The minimum Gasteiger partial charge on any atom is -0.326 e. The number of carbonyl (C=O) groups is 1. The van der Waals surface area contributed by atoms with Crippen LogP contribution in [0.25, 0.3) is 0 Å². The van der Waals surface area contributed by atoms with Crippen LogP contribution in [-0.2, 0) is 4.79 Å². The summed E-state index contributed by atoms with van der Waals surface area (Å²) >= 11 is 0. The molecule has 0 saturated heterocycles. The van der Waals surface area contributed by atoms with Gasteiger partial charge in [-0.2, -0.15) is 0 Å². The van der Waals surface area contributed by atoms with E-state index in [9.17, 15) is 4.79 Å². The molecule has 1 N–H and O–H groups in total. The average molecular weight is 189 g/mol. The van der Waals surface area contributed by atoms with Crippen LogP contribution < -0.4 is 5.32 Å². The van der Waals surface area contributed by atoms with Crippen molar-refractivity contribution in [3.8, 4) is 0 Å². The van der Waals surface area contributed by atoms with Crippen LogP contribution in [0.1, 0.15) is 12.5 Å². The number of rotatable bonds is 3. The molecule has 1 amide bonds. The molecule has 0 aliphatic carbocycles. The molecule has 0 saturated carbocycles. The summed E-state index contributed by atoms with van der Waals surface area (Å²) in [5.41, 5.74) is 2.01. The number of hydrogen-bond acceptors (Lipinski definition) is 1. The Morgan fingerprint density at radius 2 is 2.00 bits per heavy atom. The van der Waals surface area contributed by atoms with Crippen LogP contribution in [0.15, 0.2) is 36.9 Å². The van der Waals surface area contributed by atoms with Crippen LogP contribution in [0.3, 0.4) is 0 Å². The molecular formula is C12H15NO. The first kappa shape index (κ1) is 10.5. The molecule has 1 atom stereocenters. The maximum Gasteiger partial charge on any atom is 0.230 e. The van der Waals surface area contributed by atoms with E-state index in [1.165, 1.54) is 5.56 Å². The van der Waals surface area contributed by atoms with Crippen LogP contribution in [-0.4, -0.2) is 5.91 Å². The van der Waals surface area contributed by atoms with Crippen LogP contribution in [0.5, 0.6) is 0 Å². The van der Waals surface area contributed by atoms with Crippen LogP contribution >= 0.6 is 0 Å². The molecule has 0 aliphatic rings. The highest BCUT2D eigenvalue weighted by molar-refractivity contribution is 5.93. The fourth-order valence-electron chi connectivity index (χ4n) is 1.00. The van der Waals surface area contributed by atoms with Gasteiger partial charge in [0, 0.05) is 5.69 Å². The van der Waals surface area contributed by atoms with Gasteiger partial charge >= 0.3 is 0 Å². The number of benzene rings is 1. The van der Waals surface area contributed by atoms with Crippen LogP contribution in [0, 0.1) is 12.8 Å². The van der Waals surface area contributed by atoms with E-state index in [1.807, 2.05) is 38.1 Å². The lowest BCUT2D eigenvalue weighted by Gasteiger charge is -2.08. The second kappa shape index (κ2) is 4.61. The molecule has 0 radical (unpaired) electrons. The van der Waals surface area contributed by atoms with Gasteiger partial charge in [0.05, 0.1) is 5.92 Å². The van der Waals surface area contributed by atoms with Gasteiger partial charge in [-0.25, -0.2) is 0 Å². The van der Waals surface area contributed by atoms with Gasteiger partial charge in [-0.15, -0.1) is 6.58 Å². The Bertz CT molecular complexity index is 327. The molecule has 0 aromatic heterocycles. The molecule has 0 spiro atoms. The third-order valence-corrected chi connectivity index (χ3v) is 2.09. The van der Waals surface area contributed by atoms with Crippen molar-refractivity contribution in [2.24, 2.45) is 5.92 Å². The van der Waals surface area contributed by atoms with Crippen molar-refractivity contribution in [3.05, 3.63) is 42.5 Å². The molecule has 2 heteroatoms. The maximum atomic E-state index is 11.4. The van der Waals surface area contributed by atoms with E-state index >= 15 is 0 Å². The van der Waals surface area contributed by atoms with Gasteiger partial charge in [0.15, 0.2) is 0 Å². The first-order valence-corrected chi connectivity index (χ1v) is 4.63. The third-order valence-electron chi connectivity index (χ3n) is 2.09. The van der Waals surface area contributed by atoms with E-state index < -0.39 is 0 Å². The first-order chi connectivity index (χ1) is 6.63. The SMILES string of the molecule is C=CC(C)C(=O)Nc1ccc(C)cc1. The highest BCUT2D eigenvalue weighted by Gasteiger charge is 2.07. The molecule has 74 valence electrons. The summed E-state index contributed by atoms with van der Waals surface area (Å²) in [6.07, 6.45) is 1.63. The molecule has 0 bridgehead atoms. The van der Waals surface area contributed by atoms with Crippen molar-refractivity contribution in [2.75, 3.05) is 5.32 Å². The van der Waals surface area contributed by atoms with E-state index in [2.05, 4.69) is 11.9 Å². The van der Waals surface area contributed by atoms with Crippen LogP contribution in [0.2, 0.25) is 0 Å². The van der Waals surface area contributed by atoms with E-state index in [0.29, 0.717) is 0 Å². The standard InChI is InChI=1S/C12H15NO/c1-4-10(3)12(14)13-11-7-5-9(2)6-8-11/h4-8,10H,1H2,2-3H3,(H,13,14). The zero-order valence-electron chi connectivity index (χ0n) is 8.58. The summed E-state index contributed by atoms with van der Waals surface area (Å²) in [4.78, 5) is 11.4. The predicted octanol–water partition coefficient (Wildman–Crippen LogP) is 2.76. The van der Waals surface area contributed by atoms with Crippen molar-refractivity contribution in [1.82, 2.24) is 0 Å². The van der Waals surface area contributed by atoms with Crippen molar-refractivity contribution >= 4 is 11.6 Å². The Kier molecular flexibility index (Phi) is 3.46. The number of carbonyl (C=O) groups excluding carboxylic acids is 1. The van der Waals surface area contributed by atoms with E-state index in [4.69, 9.17) is 0 Å². The highest BCUT2D eigenvalue weighted by Crippen LogP contribution is 2.10. The minimum atomic E-state index is -0.156. The largest absolute Gasteiger partial charge is 0.326 e. The summed E-state index contributed by atoms with van der Waals surface area (Å²) in [5.74, 6) is -0.180. The molecule has 1 aromatic carbocycles. The second-order valence-electron chi connectivity index (χ2n) is 3.38. The Hall–Kier alpha value is -1.57. The van der Waals surface area contributed by atoms with E-state index in [0.717, 1.165) is 5.69 Å². The molecule has 1 unspecified atom stereocenters. The van der Waals surface area contributed by atoms with Gasteiger partial charge in [0.25, 0.3) is 0 Å². The number of nitrogens with one attached hydrogen (secondary N) is 1. The van der Waals surface area contributed by atoms with Crippen LogP contribution in [0.4, 0.5) is 5.69 Å². The fraction of sp³-hybridized carbons (Fsp3) is 0.250. The smallest absolute Gasteiger partial charge is 0.230 e. The second-order valence-corrected chi connectivity index (χ2v) is 3.38. The summed E-state index contributed by atoms with van der Waals surface area (Å²) in [5, 5.41) is 2.81. The molecule has 0 fully saturated rings. The van der Waals surface area contributed by atoms with Gasteiger partial charge < -0.3 is 5.32 Å².